The Morgan fingerprint density at radius 2 is 1.84 bits per heavy atom. The highest BCUT2D eigenvalue weighted by atomic mass is 15.3. The number of hydrogen-bond acceptors (Lipinski definition) is 5. The highest BCUT2D eigenvalue weighted by molar-refractivity contribution is 4.92. The zero-order valence-electron chi connectivity index (χ0n) is 11.4. The van der Waals surface area contributed by atoms with Crippen molar-refractivity contribution in [1.29, 1.82) is 0 Å². The number of nitrogens with zero attached hydrogens (tertiary/aromatic N) is 4. The second kappa shape index (κ2) is 5.94. The quantitative estimate of drug-likeness (QED) is 0.857. The average Bonchev–Trinajstić information content (AvgIpc) is 2.89. The molecule has 1 aromatic heterocycles. The Kier molecular flexibility index (Phi) is 4.06. The predicted molar refractivity (Wildman–Crippen MR) is 74.5 cm³/mol. The summed E-state index contributed by atoms with van der Waals surface area (Å²) in [4.78, 5) is 13.7. The van der Waals surface area contributed by atoms with Crippen molar-refractivity contribution in [1.82, 2.24) is 19.8 Å². The molecule has 0 aliphatic carbocycles. The van der Waals surface area contributed by atoms with Gasteiger partial charge in [-0.05, 0) is 38.4 Å². The minimum atomic E-state index is 0.423. The van der Waals surface area contributed by atoms with Gasteiger partial charge in [0, 0.05) is 37.6 Å². The van der Waals surface area contributed by atoms with Gasteiger partial charge in [0.1, 0.15) is 5.82 Å². The molecule has 3 rings (SSSR count). The van der Waals surface area contributed by atoms with Crippen molar-refractivity contribution in [3.05, 3.63) is 24.3 Å². The molecule has 0 amide bonds. The van der Waals surface area contributed by atoms with E-state index in [1.54, 1.807) is 0 Å². The first-order valence-corrected chi connectivity index (χ1v) is 7.29. The minimum absolute atomic E-state index is 0.423. The molecule has 2 aliphatic heterocycles. The summed E-state index contributed by atoms with van der Waals surface area (Å²) in [7, 11) is 0. The first-order chi connectivity index (χ1) is 9.31. The van der Waals surface area contributed by atoms with E-state index in [0.717, 1.165) is 38.3 Å². The van der Waals surface area contributed by atoms with Gasteiger partial charge in [-0.1, -0.05) is 0 Å². The molecule has 104 valence electrons. The Labute approximate surface area is 114 Å². The lowest BCUT2D eigenvalue weighted by molar-refractivity contribution is 0.151. The van der Waals surface area contributed by atoms with Crippen LogP contribution in [0.3, 0.4) is 0 Å². The molecule has 0 aromatic carbocycles. The summed E-state index contributed by atoms with van der Waals surface area (Å²) < 4.78 is 0. The van der Waals surface area contributed by atoms with Gasteiger partial charge < -0.3 is 5.73 Å². The van der Waals surface area contributed by atoms with Gasteiger partial charge in [-0.15, -0.1) is 0 Å². The third kappa shape index (κ3) is 3.29. The molecule has 5 nitrogen and oxygen atoms in total. The molecule has 2 saturated heterocycles. The fourth-order valence-electron chi connectivity index (χ4n) is 3.15. The van der Waals surface area contributed by atoms with Crippen LogP contribution in [0.4, 0.5) is 0 Å². The molecule has 0 spiro atoms. The van der Waals surface area contributed by atoms with Gasteiger partial charge in [0.15, 0.2) is 0 Å². The maximum absolute atomic E-state index is 5.97. The van der Waals surface area contributed by atoms with E-state index in [9.17, 15) is 0 Å². The fraction of sp³-hybridized carbons (Fsp3) is 0.714. The van der Waals surface area contributed by atoms with Gasteiger partial charge in [0.2, 0.25) is 0 Å². The number of piperidine rings is 1. The lowest BCUT2D eigenvalue weighted by Crippen LogP contribution is -2.46. The van der Waals surface area contributed by atoms with Crippen LogP contribution in [0.15, 0.2) is 18.5 Å². The van der Waals surface area contributed by atoms with Crippen molar-refractivity contribution < 1.29 is 0 Å². The van der Waals surface area contributed by atoms with Gasteiger partial charge in [-0.2, -0.15) is 0 Å². The van der Waals surface area contributed by atoms with Gasteiger partial charge in [0.25, 0.3) is 0 Å². The van der Waals surface area contributed by atoms with Gasteiger partial charge in [-0.3, -0.25) is 9.80 Å². The van der Waals surface area contributed by atoms with Crippen LogP contribution in [0.1, 0.15) is 25.1 Å². The SMILES string of the molecule is NC1CCN(C2CCN(Cc3ncccn3)C2)CC1. The van der Waals surface area contributed by atoms with Crippen molar-refractivity contribution >= 4 is 0 Å². The molecule has 0 saturated carbocycles. The predicted octanol–water partition coefficient (Wildman–Crippen LogP) is 0.474. The molecule has 1 unspecified atom stereocenters. The van der Waals surface area contributed by atoms with Crippen LogP contribution < -0.4 is 5.73 Å². The van der Waals surface area contributed by atoms with Crippen LogP contribution in [-0.4, -0.2) is 58.0 Å². The summed E-state index contributed by atoms with van der Waals surface area (Å²) in [6.45, 7) is 5.52. The highest BCUT2D eigenvalue weighted by Crippen LogP contribution is 2.20. The van der Waals surface area contributed by atoms with E-state index in [1.165, 1.54) is 19.5 Å². The van der Waals surface area contributed by atoms with E-state index in [1.807, 2.05) is 18.5 Å². The molecule has 2 N–H and O–H groups in total. The molecule has 1 aromatic rings. The van der Waals surface area contributed by atoms with Crippen LogP contribution in [0, 0.1) is 0 Å². The molecule has 0 radical (unpaired) electrons. The van der Waals surface area contributed by atoms with E-state index < -0.39 is 0 Å². The zero-order chi connectivity index (χ0) is 13.1. The van der Waals surface area contributed by atoms with E-state index >= 15 is 0 Å². The summed E-state index contributed by atoms with van der Waals surface area (Å²) >= 11 is 0. The molecule has 1 atom stereocenters. The molecular weight excluding hydrogens is 238 g/mol. The highest BCUT2D eigenvalue weighted by Gasteiger charge is 2.29. The second-order valence-corrected chi connectivity index (χ2v) is 5.72. The monoisotopic (exact) mass is 261 g/mol. The van der Waals surface area contributed by atoms with Crippen molar-refractivity contribution in [3.8, 4) is 0 Å². The number of nitrogens with two attached hydrogens (primary N) is 1. The summed E-state index contributed by atoms with van der Waals surface area (Å²) in [5, 5.41) is 0. The largest absolute Gasteiger partial charge is 0.328 e. The van der Waals surface area contributed by atoms with Crippen molar-refractivity contribution in [2.45, 2.75) is 37.9 Å². The van der Waals surface area contributed by atoms with Gasteiger partial charge in [-0.25, -0.2) is 9.97 Å². The fourth-order valence-corrected chi connectivity index (χ4v) is 3.15. The van der Waals surface area contributed by atoms with Crippen molar-refractivity contribution in [2.75, 3.05) is 26.2 Å². The Morgan fingerprint density at radius 3 is 2.58 bits per heavy atom. The number of rotatable bonds is 3. The molecule has 3 heterocycles. The Morgan fingerprint density at radius 1 is 1.11 bits per heavy atom. The lowest BCUT2D eigenvalue weighted by Gasteiger charge is -2.34. The molecule has 2 aliphatic rings. The number of aromatic nitrogens is 2. The first kappa shape index (κ1) is 13.0. The maximum Gasteiger partial charge on any atom is 0.142 e. The van der Waals surface area contributed by atoms with Crippen LogP contribution in [0.25, 0.3) is 0 Å². The van der Waals surface area contributed by atoms with Crippen molar-refractivity contribution in [3.63, 3.8) is 0 Å². The Bertz CT molecular complexity index is 388. The topological polar surface area (TPSA) is 58.3 Å². The Balaban J connectivity index is 1.50. The van der Waals surface area contributed by atoms with Gasteiger partial charge in [0.05, 0.1) is 6.54 Å². The van der Waals surface area contributed by atoms with Crippen LogP contribution in [-0.2, 0) is 6.54 Å². The van der Waals surface area contributed by atoms with Crippen LogP contribution in [0.5, 0.6) is 0 Å². The summed E-state index contributed by atoms with van der Waals surface area (Å²) in [5.74, 6) is 0.934. The van der Waals surface area contributed by atoms with E-state index in [0.29, 0.717) is 12.1 Å². The molecular formula is C14H23N5. The van der Waals surface area contributed by atoms with E-state index in [2.05, 4.69) is 19.8 Å². The molecule has 0 bridgehead atoms. The minimum Gasteiger partial charge on any atom is -0.328 e. The second-order valence-electron chi connectivity index (χ2n) is 5.72. The zero-order valence-corrected chi connectivity index (χ0v) is 11.4. The Hall–Kier alpha value is -1.04. The van der Waals surface area contributed by atoms with Crippen molar-refractivity contribution in [2.24, 2.45) is 5.73 Å². The molecule has 19 heavy (non-hydrogen) atoms. The average molecular weight is 261 g/mol. The lowest BCUT2D eigenvalue weighted by atomic mass is 10.0. The van der Waals surface area contributed by atoms with E-state index in [-0.39, 0.29) is 0 Å². The summed E-state index contributed by atoms with van der Waals surface area (Å²) in [6, 6.07) is 3.00. The third-order valence-electron chi connectivity index (χ3n) is 4.32. The van der Waals surface area contributed by atoms with Crippen LogP contribution in [0.2, 0.25) is 0 Å². The summed E-state index contributed by atoms with van der Waals surface area (Å²) in [6.07, 6.45) is 7.21. The molecule has 5 heteroatoms. The summed E-state index contributed by atoms with van der Waals surface area (Å²) in [5.41, 5.74) is 5.97. The van der Waals surface area contributed by atoms with Gasteiger partial charge >= 0.3 is 0 Å². The molecule has 2 fully saturated rings. The first-order valence-electron chi connectivity index (χ1n) is 7.29. The number of hydrogen-bond donors (Lipinski definition) is 1. The number of likely N-dealkylation sites (tertiary alicyclic amines) is 2. The standard InChI is InChI=1S/C14H23N5/c15-12-2-8-19(9-3-12)13-4-7-18(10-13)11-14-16-5-1-6-17-14/h1,5-6,12-13H,2-4,7-11,15H2. The van der Waals surface area contributed by atoms with E-state index in [4.69, 9.17) is 5.73 Å². The van der Waals surface area contributed by atoms with Crippen LogP contribution >= 0.6 is 0 Å². The smallest absolute Gasteiger partial charge is 0.142 e. The third-order valence-corrected chi connectivity index (χ3v) is 4.32. The normalized spacial score (nSPS) is 26.9. The maximum atomic E-state index is 5.97.